The third-order valence-corrected chi connectivity index (χ3v) is 6.05. The van der Waals surface area contributed by atoms with E-state index < -0.39 is 0 Å². The molecule has 6 aromatic rings. The summed E-state index contributed by atoms with van der Waals surface area (Å²) < 4.78 is 2.21. The van der Waals surface area contributed by atoms with Gasteiger partial charge in [-0.05, 0) is 48.5 Å². The summed E-state index contributed by atoms with van der Waals surface area (Å²) in [7, 11) is 0. The van der Waals surface area contributed by atoms with Crippen LogP contribution in [0.25, 0.3) is 27.5 Å². The number of nitrogens with zero attached hydrogens (tertiary/aromatic N) is 2. The minimum atomic E-state index is 0.232. The Bertz CT molecular complexity index is 1520. The molecule has 1 N–H and O–H groups in total. The van der Waals surface area contributed by atoms with Crippen LogP contribution in [0.2, 0.25) is 0 Å². The molecule has 1 aromatic heterocycles. The summed E-state index contributed by atoms with van der Waals surface area (Å²) in [4.78, 5) is 2.10. The van der Waals surface area contributed by atoms with Crippen molar-refractivity contribution in [2.75, 3.05) is 4.90 Å². The second-order valence-electron chi connectivity index (χ2n) is 8.05. The van der Waals surface area contributed by atoms with Crippen molar-refractivity contribution in [1.29, 1.82) is 0 Å². The van der Waals surface area contributed by atoms with Gasteiger partial charge in [-0.1, -0.05) is 72.8 Å². The molecule has 6 rings (SSSR count). The molecule has 0 spiro atoms. The standard InChI is InChI=1S/C30H22N2O/c33-30-21-28-26(25-18-10-11-19-27(25)32(28)24-16-8-3-9-17-24)20-29(30)31(22-12-4-1-5-13-22)23-14-6-2-7-15-23/h1-21,33H. The third kappa shape index (κ3) is 3.22. The molecule has 0 bridgehead atoms. The van der Waals surface area contributed by atoms with Crippen molar-refractivity contribution in [2.45, 2.75) is 0 Å². The van der Waals surface area contributed by atoms with Gasteiger partial charge in [-0.3, -0.25) is 0 Å². The van der Waals surface area contributed by atoms with E-state index in [1.54, 1.807) is 0 Å². The van der Waals surface area contributed by atoms with Crippen molar-refractivity contribution < 1.29 is 5.11 Å². The van der Waals surface area contributed by atoms with E-state index in [2.05, 4.69) is 76.2 Å². The minimum Gasteiger partial charge on any atom is -0.506 e. The first-order chi connectivity index (χ1) is 16.3. The number of aromatic hydroxyl groups is 1. The van der Waals surface area contributed by atoms with E-state index in [1.807, 2.05) is 60.7 Å². The van der Waals surface area contributed by atoms with Crippen LogP contribution >= 0.6 is 0 Å². The third-order valence-electron chi connectivity index (χ3n) is 6.05. The Labute approximate surface area is 192 Å². The van der Waals surface area contributed by atoms with Crippen molar-refractivity contribution in [1.82, 2.24) is 4.57 Å². The largest absolute Gasteiger partial charge is 0.506 e. The van der Waals surface area contributed by atoms with E-state index in [0.717, 1.165) is 44.6 Å². The second-order valence-corrected chi connectivity index (χ2v) is 8.05. The molecule has 5 aromatic carbocycles. The maximum atomic E-state index is 11.3. The van der Waals surface area contributed by atoms with E-state index in [9.17, 15) is 5.11 Å². The molecule has 3 heteroatoms. The number of hydrogen-bond donors (Lipinski definition) is 1. The Morgan fingerprint density at radius 2 is 1.06 bits per heavy atom. The van der Waals surface area contributed by atoms with Crippen LogP contribution < -0.4 is 4.90 Å². The second kappa shape index (κ2) is 7.88. The van der Waals surface area contributed by atoms with E-state index in [1.165, 1.54) is 0 Å². The average Bonchev–Trinajstić information content (AvgIpc) is 3.19. The quantitative estimate of drug-likeness (QED) is 0.310. The first-order valence-corrected chi connectivity index (χ1v) is 11.0. The van der Waals surface area contributed by atoms with Crippen LogP contribution in [0.15, 0.2) is 127 Å². The summed E-state index contributed by atoms with van der Waals surface area (Å²) in [5.41, 5.74) is 5.89. The SMILES string of the molecule is Oc1cc2c(cc1N(c1ccccc1)c1ccccc1)c1ccccc1n2-c1ccccc1. The fraction of sp³-hybridized carbons (Fsp3) is 0. The predicted molar refractivity (Wildman–Crippen MR) is 137 cm³/mol. The number of phenolic OH excluding ortho intramolecular Hbond substituents is 1. The topological polar surface area (TPSA) is 28.4 Å². The lowest BCUT2D eigenvalue weighted by molar-refractivity contribution is 0.477. The Kier molecular flexibility index (Phi) is 4.59. The van der Waals surface area contributed by atoms with Crippen LogP contribution in [0.1, 0.15) is 0 Å². The average molecular weight is 427 g/mol. The molecule has 0 amide bonds. The number of hydrogen-bond acceptors (Lipinski definition) is 2. The van der Waals surface area contributed by atoms with Gasteiger partial charge >= 0.3 is 0 Å². The fourth-order valence-electron chi connectivity index (χ4n) is 4.61. The van der Waals surface area contributed by atoms with Gasteiger partial charge in [0.2, 0.25) is 0 Å². The van der Waals surface area contributed by atoms with Crippen molar-refractivity contribution in [3.8, 4) is 11.4 Å². The number of aromatic nitrogens is 1. The highest BCUT2D eigenvalue weighted by Gasteiger charge is 2.20. The number of rotatable bonds is 4. The Hall–Kier alpha value is -4.50. The van der Waals surface area contributed by atoms with Crippen molar-refractivity contribution in [2.24, 2.45) is 0 Å². The van der Waals surface area contributed by atoms with Gasteiger partial charge in [0.25, 0.3) is 0 Å². The van der Waals surface area contributed by atoms with Crippen LogP contribution in [0, 0.1) is 0 Å². The smallest absolute Gasteiger partial charge is 0.141 e. The zero-order valence-electron chi connectivity index (χ0n) is 18.0. The summed E-state index contributed by atoms with van der Waals surface area (Å²) >= 11 is 0. The Morgan fingerprint density at radius 1 is 0.515 bits per heavy atom. The number of fused-ring (bicyclic) bond motifs is 3. The van der Waals surface area contributed by atoms with Gasteiger partial charge in [0.1, 0.15) is 5.75 Å². The molecular formula is C30H22N2O. The molecule has 158 valence electrons. The zero-order valence-corrected chi connectivity index (χ0v) is 18.0. The fourth-order valence-corrected chi connectivity index (χ4v) is 4.61. The molecule has 33 heavy (non-hydrogen) atoms. The lowest BCUT2D eigenvalue weighted by Crippen LogP contribution is -2.10. The van der Waals surface area contributed by atoms with E-state index in [-0.39, 0.29) is 5.75 Å². The molecule has 0 aliphatic rings. The van der Waals surface area contributed by atoms with Crippen LogP contribution in [-0.4, -0.2) is 9.67 Å². The van der Waals surface area contributed by atoms with Crippen molar-refractivity contribution in [3.05, 3.63) is 127 Å². The highest BCUT2D eigenvalue weighted by Crippen LogP contribution is 2.44. The monoisotopic (exact) mass is 426 g/mol. The van der Waals surface area contributed by atoms with Gasteiger partial charge in [0.05, 0.1) is 16.7 Å². The molecule has 3 nitrogen and oxygen atoms in total. The summed E-state index contributed by atoms with van der Waals surface area (Å²) in [6.07, 6.45) is 0. The van der Waals surface area contributed by atoms with Crippen molar-refractivity contribution >= 4 is 38.9 Å². The number of anilines is 3. The Morgan fingerprint density at radius 3 is 1.70 bits per heavy atom. The number of para-hydroxylation sites is 4. The van der Waals surface area contributed by atoms with Crippen LogP contribution in [0.4, 0.5) is 17.1 Å². The molecule has 0 atom stereocenters. The first kappa shape index (κ1) is 19.2. The van der Waals surface area contributed by atoms with Crippen LogP contribution in [0.5, 0.6) is 5.75 Å². The summed E-state index contributed by atoms with van der Waals surface area (Å²) in [6, 6.07) is 43.0. The zero-order chi connectivity index (χ0) is 22.2. The maximum absolute atomic E-state index is 11.3. The van der Waals surface area contributed by atoms with Gasteiger partial charge in [-0.15, -0.1) is 0 Å². The van der Waals surface area contributed by atoms with Crippen molar-refractivity contribution in [3.63, 3.8) is 0 Å². The molecule has 0 aliphatic heterocycles. The lowest BCUT2D eigenvalue weighted by Gasteiger charge is -2.26. The molecule has 0 fully saturated rings. The van der Waals surface area contributed by atoms with Gasteiger partial charge in [0, 0.05) is 33.9 Å². The van der Waals surface area contributed by atoms with E-state index in [4.69, 9.17) is 0 Å². The predicted octanol–water partition coefficient (Wildman–Crippen LogP) is 7.96. The number of benzene rings is 5. The maximum Gasteiger partial charge on any atom is 0.141 e. The highest BCUT2D eigenvalue weighted by molar-refractivity contribution is 6.11. The van der Waals surface area contributed by atoms with Gasteiger partial charge < -0.3 is 14.6 Å². The number of phenols is 1. The summed E-state index contributed by atoms with van der Waals surface area (Å²) in [5, 5.41) is 13.6. The molecule has 0 unspecified atom stereocenters. The molecule has 0 aliphatic carbocycles. The molecular weight excluding hydrogens is 404 g/mol. The van der Waals surface area contributed by atoms with E-state index in [0.29, 0.717) is 0 Å². The van der Waals surface area contributed by atoms with Crippen LogP contribution in [-0.2, 0) is 0 Å². The van der Waals surface area contributed by atoms with Gasteiger partial charge in [-0.2, -0.15) is 0 Å². The molecule has 0 saturated heterocycles. The van der Waals surface area contributed by atoms with Gasteiger partial charge in [0.15, 0.2) is 0 Å². The summed E-state index contributed by atoms with van der Waals surface area (Å²) in [5.74, 6) is 0.232. The molecule has 0 radical (unpaired) electrons. The molecule has 1 heterocycles. The normalized spacial score (nSPS) is 11.2. The van der Waals surface area contributed by atoms with Gasteiger partial charge in [-0.25, -0.2) is 0 Å². The minimum absolute atomic E-state index is 0.232. The Balaban J connectivity index is 1.66. The first-order valence-electron chi connectivity index (χ1n) is 11.0. The molecule has 0 saturated carbocycles. The summed E-state index contributed by atoms with van der Waals surface area (Å²) in [6.45, 7) is 0. The highest BCUT2D eigenvalue weighted by atomic mass is 16.3. The lowest BCUT2D eigenvalue weighted by atomic mass is 10.1. The van der Waals surface area contributed by atoms with E-state index >= 15 is 0 Å². The van der Waals surface area contributed by atoms with Crippen LogP contribution in [0.3, 0.4) is 0 Å².